The fourth-order valence-electron chi connectivity index (χ4n) is 3.31. The van der Waals surface area contributed by atoms with Crippen molar-refractivity contribution in [3.05, 3.63) is 0 Å². The van der Waals surface area contributed by atoms with E-state index in [9.17, 15) is 14.7 Å². The number of carbonyl (C=O) groups excluding carboxylic acids is 1. The lowest BCUT2D eigenvalue weighted by molar-refractivity contribution is -0.145. The molecule has 4 nitrogen and oxygen atoms in total. The molecule has 2 aliphatic rings. The standard InChI is InChI=1S/C12H19NO3/c1-9(14)13-7-10(11(15)16)12(8-13)5-3-2-4-6-12/h10H,2-8H2,1H3,(H,15,16). The molecular formula is C12H19NO3. The Morgan fingerprint density at radius 1 is 1.25 bits per heavy atom. The molecule has 16 heavy (non-hydrogen) atoms. The van der Waals surface area contributed by atoms with Crippen molar-refractivity contribution in [1.29, 1.82) is 0 Å². The van der Waals surface area contributed by atoms with E-state index in [-0.39, 0.29) is 17.2 Å². The minimum atomic E-state index is -0.731. The number of nitrogens with zero attached hydrogens (tertiary/aromatic N) is 1. The van der Waals surface area contributed by atoms with Crippen LogP contribution in [0.4, 0.5) is 0 Å². The first-order chi connectivity index (χ1) is 7.55. The molecule has 1 spiro atoms. The second-order valence-corrected chi connectivity index (χ2v) is 5.21. The number of carbonyl (C=O) groups is 2. The highest BCUT2D eigenvalue weighted by molar-refractivity contribution is 5.77. The summed E-state index contributed by atoms with van der Waals surface area (Å²) in [7, 11) is 0. The van der Waals surface area contributed by atoms with Gasteiger partial charge in [0.05, 0.1) is 5.92 Å². The zero-order chi connectivity index (χ0) is 11.8. The lowest BCUT2D eigenvalue weighted by Gasteiger charge is -2.36. The SMILES string of the molecule is CC(=O)N1CC(C(=O)O)C2(CCCCC2)C1. The van der Waals surface area contributed by atoms with Crippen molar-refractivity contribution in [1.82, 2.24) is 4.90 Å². The molecule has 1 saturated heterocycles. The van der Waals surface area contributed by atoms with Crippen molar-refractivity contribution < 1.29 is 14.7 Å². The Morgan fingerprint density at radius 2 is 1.88 bits per heavy atom. The Labute approximate surface area is 95.6 Å². The van der Waals surface area contributed by atoms with Crippen LogP contribution < -0.4 is 0 Å². The minimum absolute atomic E-state index is 0.00805. The largest absolute Gasteiger partial charge is 0.481 e. The first-order valence-corrected chi connectivity index (χ1v) is 6.03. The summed E-state index contributed by atoms with van der Waals surface area (Å²) >= 11 is 0. The predicted molar refractivity (Wildman–Crippen MR) is 58.9 cm³/mol. The quantitative estimate of drug-likeness (QED) is 0.735. The molecule has 0 radical (unpaired) electrons. The van der Waals surface area contributed by atoms with Gasteiger partial charge in [0.15, 0.2) is 0 Å². The topological polar surface area (TPSA) is 57.6 Å². The van der Waals surface area contributed by atoms with Crippen LogP contribution in [0.3, 0.4) is 0 Å². The molecule has 90 valence electrons. The van der Waals surface area contributed by atoms with E-state index in [1.807, 2.05) is 0 Å². The maximum atomic E-state index is 11.4. The van der Waals surface area contributed by atoms with E-state index in [2.05, 4.69) is 0 Å². The molecule has 0 aromatic carbocycles. The maximum absolute atomic E-state index is 11.4. The first-order valence-electron chi connectivity index (χ1n) is 6.03. The van der Waals surface area contributed by atoms with Gasteiger partial charge >= 0.3 is 5.97 Å². The average molecular weight is 225 g/mol. The van der Waals surface area contributed by atoms with Crippen LogP contribution in [0.5, 0.6) is 0 Å². The van der Waals surface area contributed by atoms with Crippen molar-refractivity contribution in [3.8, 4) is 0 Å². The van der Waals surface area contributed by atoms with Gasteiger partial charge in [0.1, 0.15) is 0 Å². The molecule has 1 saturated carbocycles. The summed E-state index contributed by atoms with van der Waals surface area (Å²) < 4.78 is 0. The van der Waals surface area contributed by atoms with Crippen molar-refractivity contribution in [2.24, 2.45) is 11.3 Å². The van der Waals surface area contributed by atoms with Gasteiger partial charge in [-0.3, -0.25) is 9.59 Å². The molecule has 0 aromatic heterocycles. The molecule has 1 aliphatic carbocycles. The van der Waals surface area contributed by atoms with Crippen LogP contribution >= 0.6 is 0 Å². The molecule has 2 rings (SSSR count). The number of aliphatic carboxylic acids is 1. The monoisotopic (exact) mass is 225 g/mol. The fraction of sp³-hybridized carbons (Fsp3) is 0.833. The Morgan fingerprint density at radius 3 is 2.38 bits per heavy atom. The molecule has 0 aromatic rings. The zero-order valence-corrected chi connectivity index (χ0v) is 9.74. The Hall–Kier alpha value is -1.06. The second-order valence-electron chi connectivity index (χ2n) is 5.21. The van der Waals surface area contributed by atoms with E-state index >= 15 is 0 Å². The number of amides is 1. The summed E-state index contributed by atoms with van der Waals surface area (Å²) in [6, 6.07) is 0. The molecule has 1 atom stereocenters. The number of carboxylic acid groups (broad SMARTS) is 1. The van der Waals surface area contributed by atoms with Crippen molar-refractivity contribution in [2.75, 3.05) is 13.1 Å². The number of carboxylic acids is 1. The van der Waals surface area contributed by atoms with Gasteiger partial charge in [0.25, 0.3) is 0 Å². The third kappa shape index (κ3) is 1.81. The van der Waals surface area contributed by atoms with E-state index in [1.165, 1.54) is 13.3 Å². The Kier molecular flexibility index (Phi) is 2.91. The van der Waals surface area contributed by atoms with Crippen molar-refractivity contribution >= 4 is 11.9 Å². The van der Waals surface area contributed by atoms with Gasteiger partial charge in [-0.25, -0.2) is 0 Å². The van der Waals surface area contributed by atoms with Gasteiger partial charge in [-0.2, -0.15) is 0 Å². The Bertz CT molecular complexity index is 307. The number of hydrogen-bond donors (Lipinski definition) is 1. The van der Waals surface area contributed by atoms with Gasteiger partial charge in [0, 0.05) is 25.4 Å². The van der Waals surface area contributed by atoms with Gasteiger partial charge in [-0.05, 0) is 12.8 Å². The maximum Gasteiger partial charge on any atom is 0.308 e. The minimum Gasteiger partial charge on any atom is -0.481 e. The van der Waals surface area contributed by atoms with Crippen LogP contribution in [0, 0.1) is 11.3 Å². The van der Waals surface area contributed by atoms with Crippen LogP contribution in [0.2, 0.25) is 0 Å². The summed E-state index contributed by atoms with van der Waals surface area (Å²) in [6.45, 7) is 2.59. The van der Waals surface area contributed by atoms with Gasteiger partial charge in [-0.15, -0.1) is 0 Å². The fourth-order valence-corrected chi connectivity index (χ4v) is 3.31. The lowest BCUT2D eigenvalue weighted by Crippen LogP contribution is -2.37. The number of likely N-dealkylation sites (tertiary alicyclic amines) is 1. The van der Waals surface area contributed by atoms with Gasteiger partial charge in [-0.1, -0.05) is 19.3 Å². The highest BCUT2D eigenvalue weighted by Gasteiger charge is 2.50. The van der Waals surface area contributed by atoms with E-state index in [4.69, 9.17) is 0 Å². The summed E-state index contributed by atoms with van der Waals surface area (Å²) in [4.78, 5) is 24.4. The molecule has 1 unspecified atom stereocenters. The van der Waals surface area contributed by atoms with Crippen LogP contribution in [0.15, 0.2) is 0 Å². The number of rotatable bonds is 1. The van der Waals surface area contributed by atoms with Crippen molar-refractivity contribution in [3.63, 3.8) is 0 Å². The van der Waals surface area contributed by atoms with E-state index in [0.29, 0.717) is 13.1 Å². The third-order valence-electron chi connectivity index (χ3n) is 4.24. The second kappa shape index (κ2) is 4.07. The molecule has 1 N–H and O–H groups in total. The first kappa shape index (κ1) is 11.4. The predicted octanol–water partition coefficient (Wildman–Crippen LogP) is 1.50. The number of hydrogen-bond acceptors (Lipinski definition) is 2. The van der Waals surface area contributed by atoms with E-state index in [1.54, 1.807) is 4.90 Å². The van der Waals surface area contributed by atoms with Gasteiger partial charge in [0.2, 0.25) is 5.91 Å². The lowest BCUT2D eigenvalue weighted by atomic mass is 9.68. The normalized spacial score (nSPS) is 28.3. The third-order valence-corrected chi connectivity index (χ3v) is 4.24. The summed E-state index contributed by atoms with van der Waals surface area (Å²) in [5, 5.41) is 9.29. The molecular weight excluding hydrogens is 206 g/mol. The molecule has 4 heteroatoms. The molecule has 0 bridgehead atoms. The zero-order valence-electron chi connectivity index (χ0n) is 9.74. The van der Waals surface area contributed by atoms with Crippen molar-refractivity contribution in [2.45, 2.75) is 39.0 Å². The molecule has 1 amide bonds. The smallest absolute Gasteiger partial charge is 0.308 e. The highest BCUT2D eigenvalue weighted by Crippen LogP contribution is 2.47. The summed E-state index contributed by atoms with van der Waals surface area (Å²) in [5.74, 6) is -1.07. The van der Waals surface area contributed by atoms with Crippen LogP contribution in [-0.4, -0.2) is 35.0 Å². The molecule has 2 fully saturated rings. The van der Waals surface area contributed by atoms with E-state index < -0.39 is 5.97 Å². The van der Waals surface area contributed by atoms with Gasteiger partial charge < -0.3 is 10.0 Å². The van der Waals surface area contributed by atoms with Crippen LogP contribution in [0.25, 0.3) is 0 Å². The van der Waals surface area contributed by atoms with Crippen LogP contribution in [-0.2, 0) is 9.59 Å². The molecule has 1 aliphatic heterocycles. The summed E-state index contributed by atoms with van der Waals surface area (Å²) in [6.07, 6.45) is 5.35. The van der Waals surface area contributed by atoms with Crippen LogP contribution in [0.1, 0.15) is 39.0 Å². The summed E-state index contributed by atoms with van der Waals surface area (Å²) in [5.41, 5.74) is -0.129. The molecule has 1 heterocycles. The highest BCUT2D eigenvalue weighted by atomic mass is 16.4. The average Bonchev–Trinajstić information content (AvgIpc) is 2.59. The van der Waals surface area contributed by atoms with E-state index in [0.717, 1.165) is 25.7 Å². The Balaban J connectivity index is 2.20.